The number of hydrogen-bond donors (Lipinski definition) is 0. The second kappa shape index (κ2) is 5.25. The van der Waals surface area contributed by atoms with Crippen molar-refractivity contribution in [2.45, 2.75) is 0 Å². The maximum atomic E-state index is 7.26. The van der Waals surface area contributed by atoms with E-state index in [1.54, 1.807) is 0 Å². The molecule has 1 rings (SSSR count). The Kier molecular flexibility index (Phi) is 4.81. The third-order valence-corrected chi connectivity index (χ3v) is 12.4. The van der Waals surface area contributed by atoms with Crippen LogP contribution in [-0.4, -0.2) is 87.3 Å². The van der Waals surface area contributed by atoms with Crippen LogP contribution in [0.1, 0.15) is 0 Å². The molecule has 0 atom stereocenters. The van der Waals surface area contributed by atoms with Crippen LogP contribution >= 0.6 is 17.8 Å². The predicted molar refractivity (Wildman–Crippen MR) is 76.2 cm³/mol. The van der Waals surface area contributed by atoms with Gasteiger partial charge in [0.1, 0.15) is 0 Å². The summed E-state index contributed by atoms with van der Waals surface area (Å²) in [6, 6.07) is 0. The second-order valence-electron chi connectivity index (χ2n) is 4.95. The number of ether oxygens (including phenoxy) is 1. The first-order chi connectivity index (χ1) is 7.76. The van der Waals surface area contributed by atoms with E-state index in [9.17, 15) is 0 Å². The summed E-state index contributed by atoms with van der Waals surface area (Å²) in [6.45, 7) is 0.349. The third-order valence-electron chi connectivity index (χ3n) is 3.54. The Balaban J connectivity index is 3.24. The average Bonchev–Trinajstić information content (AvgIpc) is 2.28. The van der Waals surface area contributed by atoms with Gasteiger partial charge in [0.05, 0.1) is 0 Å². The van der Waals surface area contributed by atoms with Crippen LogP contribution in [0.5, 0.6) is 0 Å². The molecule has 0 spiro atoms. The summed E-state index contributed by atoms with van der Waals surface area (Å²) in [6.07, 6.45) is 0. The standard InChI is InChI=1S/C10H26ClN4OP/c1-12(2)17(11,13(3)4,14(5)6)15-7-9-16-10-8-15/h7-10H2,1-6H3. The fourth-order valence-electron chi connectivity index (χ4n) is 2.73. The summed E-state index contributed by atoms with van der Waals surface area (Å²) in [5, 5.41) is 0. The van der Waals surface area contributed by atoms with Gasteiger partial charge in [-0.1, -0.05) is 0 Å². The van der Waals surface area contributed by atoms with Gasteiger partial charge in [-0.3, -0.25) is 0 Å². The quantitative estimate of drug-likeness (QED) is 0.725. The Morgan fingerprint density at radius 3 is 1.53 bits per heavy atom. The molecule has 104 valence electrons. The Hall–Kier alpha value is 0.520. The van der Waals surface area contributed by atoms with Crippen molar-refractivity contribution in [1.82, 2.24) is 18.7 Å². The number of rotatable bonds is 4. The molecule has 0 aromatic carbocycles. The van der Waals surface area contributed by atoms with Gasteiger partial charge in [-0.15, -0.1) is 0 Å². The molecule has 0 aromatic heterocycles. The molecule has 1 saturated heterocycles. The monoisotopic (exact) mass is 284 g/mol. The molecule has 0 aromatic rings. The van der Waals surface area contributed by atoms with Crippen LogP contribution in [0.3, 0.4) is 0 Å². The number of nitrogens with zero attached hydrogens (tertiary/aromatic N) is 4. The topological polar surface area (TPSA) is 22.2 Å². The van der Waals surface area contributed by atoms with Gasteiger partial charge in [0.2, 0.25) is 0 Å². The molecule has 0 saturated carbocycles. The molecule has 0 bridgehead atoms. The minimum absolute atomic E-state index is 0.750. The van der Waals surface area contributed by atoms with Gasteiger partial charge < -0.3 is 0 Å². The Morgan fingerprint density at radius 1 is 0.882 bits per heavy atom. The van der Waals surface area contributed by atoms with E-state index in [2.05, 4.69) is 61.0 Å². The van der Waals surface area contributed by atoms with E-state index in [4.69, 9.17) is 16.0 Å². The van der Waals surface area contributed by atoms with Crippen molar-refractivity contribution in [3.63, 3.8) is 0 Å². The van der Waals surface area contributed by atoms with E-state index < -0.39 is 6.56 Å². The predicted octanol–water partition coefficient (Wildman–Crippen LogP) is 1.37. The van der Waals surface area contributed by atoms with Crippen molar-refractivity contribution < 1.29 is 4.74 Å². The van der Waals surface area contributed by atoms with Crippen LogP contribution in [0.15, 0.2) is 0 Å². The zero-order chi connectivity index (χ0) is 13.3. The van der Waals surface area contributed by atoms with Crippen LogP contribution < -0.4 is 0 Å². The van der Waals surface area contributed by atoms with Crippen molar-refractivity contribution >= 4 is 17.8 Å². The summed E-state index contributed by atoms with van der Waals surface area (Å²) < 4.78 is 14.3. The molecular weight excluding hydrogens is 259 g/mol. The van der Waals surface area contributed by atoms with Crippen LogP contribution in [-0.2, 0) is 4.74 Å². The molecule has 0 amide bonds. The summed E-state index contributed by atoms with van der Waals surface area (Å²) in [5.41, 5.74) is 0. The summed E-state index contributed by atoms with van der Waals surface area (Å²) in [7, 11) is 12.3. The van der Waals surface area contributed by atoms with Crippen molar-refractivity contribution in [3.05, 3.63) is 0 Å². The molecule has 0 N–H and O–H groups in total. The van der Waals surface area contributed by atoms with Crippen molar-refractivity contribution in [3.8, 4) is 0 Å². The molecular formula is C10H26ClN4OP. The Labute approximate surface area is 110 Å². The molecule has 1 fully saturated rings. The van der Waals surface area contributed by atoms with Gasteiger partial charge in [-0.25, -0.2) is 0 Å². The fraction of sp³-hybridized carbons (Fsp3) is 1.00. The van der Waals surface area contributed by atoms with E-state index in [-0.39, 0.29) is 0 Å². The van der Waals surface area contributed by atoms with Crippen molar-refractivity contribution in [2.75, 3.05) is 68.6 Å². The van der Waals surface area contributed by atoms with Crippen LogP contribution in [0, 0.1) is 0 Å². The average molecular weight is 285 g/mol. The zero-order valence-electron chi connectivity index (χ0n) is 11.9. The van der Waals surface area contributed by atoms with Crippen LogP contribution in [0.4, 0.5) is 0 Å². The van der Waals surface area contributed by atoms with Gasteiger partial charge in [-0.05, 0) is 0 Å². The minimum atomic E-state index is -2.89. The second-order valence-corrected chi connectivity index (χ2v) is 11.4. The van der Waals surface area contributed by atoms with Gasteiger partial charge in [0.25, 0.3) is 0 Å². The summed E-state index contributed by atoms with van der Waals surface area (Å²) in [4.78, 5) is 0. The molecule has 0 unspecified atom stereocenters. The molecule has 5 nitrogen and oxygen atoms in total. The normalized spacial score (nSPS) is 22.1. The van der Waals surface area contributed by atoms with Gasteiger partial charge in [0, 0.05) is 0 Å². The Bertz CT molecular complexity index is 245. The molecule has 7 heteroatoms. The maximum absolute atomic E-state index is 7.26. The molecule has 1 aliphatic rings. The van der Waals surface area contributed by atoms with E-state index in [0.29, 0.717) is 0 Å². The number of halogens is 1. The summed E-state index contributed by atoms with van der Waals surface area (Å²) in [5.74, 6) is 0. The SMILES string of the molecule is CN(C)P(Cl)(N(C)C)(N(C)C)N1CCOCC1. The summed E-state index contributed by atoms with van der Waals surface area (Å²) >= 11 is 7.26. The van der Waals surface area contributed by atoms with Crippen LogP contribution in [0.2, 0.25) is 0 Å². The van der Waals surface area contributed by atoms with Gasteiger partial charge in [0.15, 0.2) is 0 Å². The van der Waals surface area contributed by atoms with E-state index in [0.717, 1.165) is 26.3 Å². The molecule has 0 aliphatic carbocycles. The van der Waals surface area contributed by atoms with E-state index >= 15 is 0 Å². The first-order valence-corrected chi connectivity index (χ1v) is 8.81. The zero-order valence-corrected chi connectivity index (χ0v) is 13.5. The van der Waals surface area contributed by atoms with E-state index in [1.165, 1.54) is 0 Å². The third kappa shape index (κ3) is 2.12. The molecule has 0 radical (unpaired) electrons. The van der Waals surface area contributed by atoms with Crippen molar-refractivity contribution in [1.29, 1.82) is 0 Å². The van der Waals surface area contributed by atoms with E-state index in [1.807, 2.05) is 0 Å². The fourth-order valence-corrected chi connectivity index (χ4v) is 7.70. The van der Waals surface area contributed by atoms with Gasteiger partial charge >= 0.3 is 110 Å². The van der Waals surface area contributed by atoms with Crippen molar-refractivity contribution in [2.24, 2.45) is 0 Å². The number of morpholine rings is 1. The molecule has 1 heterocycles. The molecule has 17 heavy (non-hydrogen) atoms. The number of hydrogen-bond acceptors (Lipinski definition) is 5. The molecule has 1 aliphatic heterocycles. The van der Waals surface area contributed by atoms with Crippen LogP contribution in [0.25, 0.3) is 0 Å². The first-order valence-electron chi connectivity index (χ1n) is 5.86. The first kappa shape index (κ1) is 15.6. The van der Waals surface area contributed by atoms with Gasteiger partial charge in [-0.2, -0.15) is 0 Å². The Morgan fingerprint density at radius 2 is 1.24 bits per heavy atom.